The van der Waals surface area contributed by atoms with Crippen LogP contribution in [0.5, 0.6) is 5.75 Å². The fourth-order valence-electron chi connectivity index (χ4n) is 4.52. The molecule has 260 valence electrons. The summed E-state index contributed by atoms with van der Waals surface area (Å²) in [5.74, 6) is 0.715. The van der Waals surface area contributed by atoms with E-state index in [4.69, 9.17) is 14.2 Å². The van der Waals surface area contributed by atoms with Gasteiger partial charge in [-0.2, -0.15) is 0 Å². The number of carbonyl (C=O) groups is 1. The quantitative estimate of drug-likeness (QED) is 0.0380. The molecular weight excluding hydrogens is 677 g/mol. The van der Waals surface area contributed by atoms with Crippen molar-refractivity contribution in [3.63, 3.8) is 0 Å². The second kappa shape index (κ2) is 15.5. The number of fused-ring (bicyclic) bond motifs is 2. The van der Waals surface area contributed by atoms with E-state index in [9.17, 15) is 34.8 Å². The van der Waals surface area contributed by atoms with Crippen LogP contribution in [0.4, 0.5) is 25.2 Å². The molecular formula is C35H37F6O5PS. The number of ether oxygens (including phenoxy) is 3. The summed E-state index contributed by atoms with van der Waals surface area (Å²) < 4.78 is 77.3. The van der Waals surface area contributed by atoms with E-state index in [1.807, 2.05) is 79.7 Å². The molecule has 0 aliphatic carbocycles. The topological polar surface area (TPSA) is 61.8 Å². The summed E-state index contributed by atoms with van der Waals surface area (Å²) in [6.07, 6.45) is 2.21. The molecule has 5 aromatic rings. The first-order chi connectivity index (χ1) is 22.4. The fourth-order valence-corrected chi connectivity index (χ4v) is 6.29. The fraction of sp³-hybridized carbons (Fsp3) is 0.257. The molecule has 0 aliphatic heterocycles. The Bertz CT molecular complexity index is 1890. The Kier molecular flexibility index (Phi) is 12.4. The molecule has 1 atom stereocenters. The second-order valence-electron chi connectivity index (χ2n) is 10.8. The van der Waals surface area contributed by atoms with Crippen molar-refractivity contribution in [2.24, 2.45) is 6.26 Å². The van der Waals surface area contributed by atoms with Gasteiger partial charge in [-0.25, -0.2) is 4.79 Å². The molecule has 0 aliphatic rings. The predicted molar refractivity (Wildman–Crippen MR) is 184 cm³/mol. The third-order valence-corrected chi connectivity index (χ3v) is 8.75. The van der Waals surface area contributed by atoms with Crippen LogP contribution in [0.15, 0.2) is 102 Å². The van der Waals surface area contributed by atoms with E-state index in [-0.39, 0.29) is 29.1 Å². The standard InChI is InChI=1S/C18H20O4.C17H17OS.F6P/c1-2-20-12-13-21-18(19)14-22-17-11-7-6-10-16(17)15-8-4-3-5-9-15;1-11(2)12-8-9-16-14(10-12)17(18)13-6-4-5-7-15(13)19(16)3;1-7(2,3,4,5)6/h3-11H,2,12-14H2,1H3;4-11H,1-3H3;/q;+1;-1. The Balaban J connectivity index is 0.000000219. The Morgan fingerprint density at radius 2 is 1.35 bits per heavy atom. The Labute approximate surface area is 277 Å². The maximum absolute atomic E-state index is 12.6. The molecule has 0 spiro atoms. The number of benzene rings is 4. The van der Waals surface area contributed by atoms with Gasteiger partial charge in [-0.15, -0.1) is 0 Å². The minimum absolute atomic E-state index is 0.00310. The van der Waals surface area contributed by atoms with E-state index >= 15 is 0 Å². The van der Waals surface area contributed by atoms with Gasteiger partial charge in [0.2, 0.25) is 5.43 Å². The van der Waals surface area contributed by atoms with Gasteiger partial charge in [-0.3, -0.25) is 4.79 Å². The van der Waals surface area contributed by atoms with E-state index in [1.165, 1.54) is 15.0 Å². The van der Waals surface area contributed by atoms with Crippen LogP contribution in [0.25, 0.3) is 31.3 Å². The summed E-state index contributed by atoms with van der Waals surface area (Å²) in [6, 6.07) is 31.9. The Hall–Kier alpha value is -3.99. The van der Waals surface area contributed by atoms with Gasteiger partial charge in [0.15, 0.2) is 16.0 Å². The SMILES string of the molecule is CC(C)c1ccc2c(c1)c(=O)c1ccccc1[s+]2C.CCOCCOC(=O)COc1ccccc1-c1ccccc1.F[P-](F)(F)(F)(F)F. The summed E-state index contributed by atoms with van der Waals surface area (Å²) in [6.45, 7) is 7.36. The van der Waals surface area contributed by atoms with Crippen LogP contribution in [-0.4, -0.2) is 32.4 Å². The molecule has 0 N–H and O–H groups in total. The van der Waals surface area contributed by atoms with Gasteiger partial charge >= 0.3 is 39.0 Å². The normalized spacial score (nSPS) is 13.0. The van der Waals surface area contributed by atoms with Crippen molar-refractivity contribution in [2.45, 2.75) is 26.7 Å². The van der Waals surface area contributed by atoms with E-state index in [0.29, 0.717) is 24.9 Å². The van der Waals surface area contributed by atoms with E-state index < -0.39 is 13.8 Å². The molecule has 0 bridgehead atoms. The molecule has 0 radical (unpaired) electrons. The number of aryl methyl sites for hydroxylation is 1. The van der Waals surface area contributed by atoms with Crippen molar-refractivity contribution in [1.29, 1.82) is 0 Å². The van der Waals surface area contributed by atoms with E-state index in [2.05, 4.69) is 44.4 Å². The summed E-state index contributed by atoms with van der Waals surface area (Å²) >= 11 is 0. The molecule has 1 unspecified atom stereocenters. The van der Waals surface area contributed by atoms with Crippen LogP contribution >= 0.6 is 18.3 Å². The molecule has 5 nitrogen and oxygen atoms in total. The first kappa shape index (κ1) is 38.5. The van der Waals surface area contributed by atoms with Gasteiger partial charge in [0.25, 0.3) is 0 Å². The summed E-state index contributed by atoms with van der Waals surface area (Å²) in [7, 11) is -10.7. The van der Waals surface area contributed by atoms with Crippen LogP contribution in [0.2, 0.25) is 0 Å². The molecule has 1 aromatic heterocycles. The average molecular weight is 715 g/mol. The monoisotopic (exact) mass is 714 g/mol. The van der Waals surface area contributed by atoms with Crippen molar-refractivity contribution in [3.8, 4) is 16.9 Å². The predicted octanol–water partition coefficient (Wildman–Crippen LogP) is 11.5. The molecule has 0 saturated heterocycles. The number of hydrogen-bond acceptors (Lipinski definition) is 5. The van der Waals surface area contributed by atoms with Gasteiger partial charge in [0.05, 0.1) is 17.4 Å². The zero-order valence-electron chi connectivity index (χ0n) is 26.8. The van der Waals surface area contributed by atoms with Crippen molar-refractivity contribution >= 4 is 44.4 Å². The van der Waals surface area contributed by atoms with Crippen molar-refractivity contribution < 1.29 is 44.2 Å². The minimum atomic E-state index is -10.7. The maximum atomic E-state index is 12.6. The zero-order valence-corrected chi connectivity index (χ0v) is 28.5. The van der Waals surface area contributed by atoms with Gasteiger partial charge in [0, 0.05) is 12.2 Å². The molecule has 48 heavy (non-hydrogen) atoms. The molecule has 5 rings (SSSR count). The van der Waals surface area contributed by atoms with Gasteiger partial charge < -0.3 is 14.2 Å². The molecule has 0 saturated carbocycles. The summed E-state index contributed by atoms with van der Waals surface area (Å²) in [5, 5.41) is 1.78. The van der Waals surface area contributed by atoms with E-state index in [0.717, 1.165) is 21.9 Å². The summed E-state index contributed by atoms with van der Waals surface area (Å²) in [5.41, 5.74) is 3.41. The van der Waals surface area contributed by atoms with Gasteiger partial charge in [0.1, 0.15) is 18.6 Å². The molecule has 4 aromatic carbocycles. The number of carbonyl (C=O) groups excluding carboxylic acids is 1. The third-order valence-electron chi connectivity index (χ3n) is 6.72. The van der Waals surface area contributed by atoms with Crippen LogP contribution in [0, 0.1) is 0 Å². The Morgan fingerprint density at radius 3 is 2.00 bits per heavy atom. The first-order valence-electron chi connectivity index (χ1n) is 14.9. The average Bonchev–Trinajstić information content (AvgIpc) is 3.04. The van der Waals surface area contributed by atoms with Crippen molar-refractivity contribution in [3.05, 3.63) is 113 Å². The number of esters is 1. The van der Waals surface area contributed by atoms with Gasteiger partial charge in [-0.05, 0) is 64.8 Å². The number of para-hydroxylation sites is 1. The van der Waals surface area contributed by atoms with Crippen molar-refractivity contribution in [1.82, 2.24) is 0 Å². The second-order valence-corrected chi connectivity index (χ2v) is 14.6. The first-order valence-corrected chi connectivity index (χ1v) is 18.5. The van der Waals surface area contributed by atoms with Crippen LogP contribution in [0.1, 0.15) is 32.3 Å². The molecule has 0 amide bonds. The molecule has 13 heteroatoms. The molecule has 0 fully saturated rings. The van der Waals surface area contributed by atoms with Crippen LogP contribution in [-0.2, 0) is 20.5 Å². The molecule has 1 heterocycles. The number of rotatable bonds is 9. The number of halogens is 6. The van der Waals surface area contributed by atoms with Crippen molar-refractivity contribution in [2.75, 3.05) is 26.4 Å². The Morgan fingerprint density at radius 1 is 0.771 bits per heavy atom. The van der Waals surface area contributed by atoms with Crippen LogP contribution in [0.3, 0.4) is 0 Å². The van der Waals surface area contributed by atoms with Crippen LogP contribution < -0.4 is 10.2 Å². The van der Waals surface area contributed by atoms with E-state index in [1.54, 1.807) is 0 Å². The summed E-state index contributed by atoms with van der Waals surface area (Å²) in [4.78, 5) is 24.3. The van der Waals surface area contributed by atoms with Gasteiger partial charge in [-0.1, -0.05) is 80.6 Å². The third kappa shape index (κ3) is 12.9. The number of hydrogen-bond donors (Lipinski definition) is 0. The zero-order chi connectivity index (χ0) is 35.6.